The third kappa shape index (κ3) is 1.65. The van der Waals surface area contributed by atoms with Gasteiger partial charge in [-0.25, -0.2) is 0 Å². The molecule has 0 fully saturated rings. The second-order valence-corrected chi connectivity index (χ2v) is 6.10. The van der Waals surface area contributed by atoms with E-state index in [4.69, 9.17) is 0 Å². The largest absolute Gasteiger partial charge is 0.286 e. The lowest BCUT2D eigenvalue weighted by atomic mass is 9.88. The Hall–Kier alpha value is -3.26. The molecule has 1 aliphatic carbocycles. The number of benzene rings is 4. The molecule has 0 saturated heterocycles. The molecule has 0 heterocycles. The summed E-state index contributed by atoms with van der Waals surface area (Å²) in [4.78, 5) is 24.2. The SMILES string of the molecule is O=C1C=Cc2ccc3c(ccc4c5ccccc5ccc34)c2C1=O. The van der Waals surface area contributed by atoms with Crippen LogP contribution in [-0.2, 0) is 4.79 Å². The van der Waals surface area contributed by atoms with Gasteiger partial charge in [0, 0.05) is 5.56 Å². The van der Waals surface area contributed by atoms with Crippen molar-refractivity contribution in [3.8, 4) is 0 Å². The summed E-state index contributed by atoms with van der Waals surface area (Å²) >= 11 is 0. The zero-order valence-corrected chi connectivity index (χ0v) is 12.7. The van der Waals surface area contributed by atoms with Crippen LogP contribution in [0.3, 0.4) is 0 Å². The summed E-state index contributed by atoms with van der Waals surface area (Å²) in [6, 6.07) is 20.4. The topological polar surface area (TPSA) is 34.1 Å². The van der Waals surface area contributed by atoms with Gasteiger partial charge in [-0.05, 0) is 44.0 Å². The maximum atomic E-state index is 12.4. The lowest BCUT2D eigenvalue weighted by Crippen LogP contribution is -2.16. The zero-order chi connectivity index (χ0) is 16.3. The third-order valence-electron chi connectivity index (χ3n) is 4.82. The average Bonchev–Trinajstić information content (AvgIpc) is 2.63. The average molecular weight is 308 g/mol. The first kappa shape index (κ1) is 13.2. The molecule has 24 heavy (non-hydrogen) atoms. The molecule has 5 rings (SSSR count). The molecule has 0 atom stereocenters. The van der Waals surface area contributed by atoms with Gasteiger partial charge in [-0.1, -0.05) is 66.7 Å². The predicted molar refractivity (Wildman–Crippen MR) is 97.3 cm³/mol. The van der Waals surface area contributed by atoms with Gasteiger partial charge < -0.3 is 0 Å². The van der Waals surface area contributed by atoms with Crippen molar-refractivity contribution in [1.82, 2.24) is 0 Å². The van der Waals surface area contributed by atoms with Crippen molar-refractivity contribution in [2.45, 2.75) is 0 Å². The van der Waals surface area contributed by atoms with Crippen LogP contribution in [0.2, 0.25) is 0 Å². The van der Waals surface area contributed by atoms with E-state index in [2.05, 4.69) is 30.3 Å². The maximum Gasteiger partial charge on any atom is 0.234 e. The summed E-state index contributed by atoms with van der Waals surface area (Å²) in [5.74, 6) is -0.869. The van der Waals surface area contributed by atoms with Crippen LogP contribution >= 0.6 is 0 Å². The number of hydrogen-bond donors (Lipinski definition) is 0. The molecule has 0 bridgehead atoms. The van der Waals surface area contributed by atoms with Crippen molar-refractivity contribution in [3.63, 3.8) is 0 Å². The molecule has 1 aliphatic rings. The monoisotopic (exact) mass is 308 g/mol. The lowest BCUT2D eigenvalue weighted by molar-refractivity contribution is -0.110. The fraction of sp³-hybridized carbons (Fsp3) is 0. The molecule has 4 aromatic rings. The summed E-state index contributed by atoms with van der Waals surface area (Å²) in [5.41, 5.74) is 1.34. The molecule has 2 nitrogen and oxygen atoms in total. The normalized spacial score (nSPS) is 13.8. The zero-order valence-electron chi connectivity index (χ0n) is 12.7. The second-order valence-electron chi connectivity index (χ2n) is 6.10. The minimum atomic E-state index is -0.450. The van der Waals surface area contributed by atoms with Crippen LogP contribution in [-0.4, -0.2) is 11.6 Å². The number of Topliss-reactive ketones (excluding diaryl/α,β-unsaturated/α-hetero) is 1. The molecule has 0 radical (unpaired) electrons. The molecule has 2 heteroatoms. The van der Waals surface area contributed by atoms with E-state index in [9.17, 15) is 9.59 Å². The number of carbonyl (C=O) groups excluding carboxylic acids is 2. The van der Waals surface area contributed by atoms with Crippen molar-refractivity contribution in [2.24, 2.45) is 0 Å². The first-order chi connectivity index (χ1) is 11.7. The van der Waals surface area contributed by atoms with Gasteiger partial charge in [0.25, 0.3) is 0 Å². The molecular weight excluding hydrogens is 296 g/mol. The summed E-state index contributed by atoms with van der Waals surface area (Å²) < 4.78 is 0. The van der Waals surface area contributed by atoms with E-state index in [0.717, 1.165) is 27.1 Å². The molecule has 0 spiro atoms. The Balaban J connectivity index is 1.97. The van der Waals surface area contributed by atoms with E-state index in [1.165, 1.54) is 16.8 Å². The summed E-state index contributed by atoms with van der Waals surface area (Å²) in [5, 5.41) is 6.49. The molecule has 0 aromatic heterocycles. The van der Waals surface area contributed by atoms with Crippen molar-refractivity contribution >= 4 is 50.0 Å². The standard InChI is InChI=1S/C22H12O2/c23-20-12-7-14-6-9-18-17-8-5-13-3-1-2-4-15(13)16(17)10-11-19(18)21(14)22(20)24/h1-12H. The number of allylic oxidation sites excluding steroid dienone is 1. The van der Waals surface area contributed by atoms with Crippen molar-refractivity contribution in [1.29, 1.82) is 0 Å². The smallest absolute Gasteiger partial charge is 0.234 e. The van der Waals surface area contributed by atoms with Gasteiger partial charge in [-0.3, -0.25) is 9.59 Å². The summed E-state index contributed by atoms with van der Waals surface area (Å²) in [6.45, 7) is 0. The second kappa shape index (κ2) is 4.62. The quantitative estimate of drug-likeness (QED) is 0.341. The van der Waals surface area contributed by atoms with Crippen molar-refractivity contribution in [3.05, 3.63) is 77.9 Å². The van der Waals surface area contributed by atoms with E-state index in [0.29, 0.717) is 5.56 Å². The molecule has 112 valence electrons. The number of carbonyl (C=O) groups is 2. The van der Waals surface area contributed by atoms with Gasteiger partial charge in [0.05, 0.1) is 0 Å². The van der Waals surface area contributed by atoms with Gasteiger partial charge in [0.2, 0.25) is 11.6 Å². The van der Waals surface area contributed by atoms with E-state index in [1.54, 1.807) is 6.08 Å². The Labute approximate surface area is 138 Å². The fourth-order valence-electron chi connectivity index (χ4n) is 3.68. The molecule has 0 amide bonds. The number of fused-ring (bicyclic) bond motifs is 7. The summed E-state index contributed by atoms with van der Waals surface area (Å²) in [7, 11) is 0. The van der Waals surface area contributed by atoms with Gasteiger partial charge in [-0.15, -0.1) is 0 Å². The number of hydrogen-bond acceptors (Lipinski definition) is 2. The Morgan fingerprint density at radius 2 is 1.21 bits per heavy atom. The van der Waals surface area contributed by atoms with Crippen LogP contribution in [0.5, 0.6) is 0 Å². The molecule has 0 N–H and O–H groups in total. The Morgan fingerprint density at radius 3 is 2.12 bits per heavy atom. The maximum absolute atomic E-state index is 12.4. The Bertz CT molecular complexity index is 1230. The fourth-order valence-corrected chi connectivity index (χ4v) is 3.68. The van der Waals surface area contributed by atoms with Gasteiger partial charge in [-0.2, -0.15) is 0 Å². The molecule has 0 aliphatic heterocycles. The van der Waals surface area contributed by atoms with Crippen LogP contribution in [0.1, 0.15) is 15.9 Å². The van der Waals surface area contributed by atoms with Crippen LogP contribution < -0.4 is 0 Å². The minimum Gasteiger partial charge on any atom is -0.286 e. The first-order valence-electron chi connectivity index (χ1n) is 7.88. The first-order valence-corrected chi connectivity index (χ1v) is 7.88. The van der Waals surface area contributed by atoms with Gasteiger partial charge in [0.1, 0.15) is 0 Å². The van der Waals surface area contributed by atoms with Crippen LogP contribution in [0.4, 0.5) is 0 Å². The van der Waals surface area contributed by atoms with Gasteiger partial charge in [0.15, 0.2) is 0 Å². The Morgan fingerprint density at radius 1 is 0.542 bits per heavy atom. The van der Waals surface area contributed by atoms with E-state index < -0.39 is 11.6 Å². The van der Waals surface area contributed by atoms with Crippen molar-refractivity contribution < 1.29 is 9.59 Å². The highest BCUT2D eigenvalue weighted by Gasteiger charge is 2.23. The van der Waals surface area contributed by atoms with Gasteiger partial charge >= 0.3 is 0 Å². The van der Waals surface area contributed by atoms with Crippen LogP contribution in [0, 0.1) is 0 Å². The highest BCUT2D eigenvalue weighted by atomic mass is 16.2. The van der Waals surface area contributed by atoms with E-state index in [-0.39, 0.29) is 0 Å². The van der Waals surface area contributed by atoms with Crippen molar-refractivity contribution in [2.75, 3.05) is 0 Å². The predicted octanol–water partition coefficient (Wildman–Crippen LogP) is 4.92. The number of rotatable bonds is 0. The highest BCUT2D eigenvalue weighted by Crippen LogP contribution is 2.35. The summed E-state index contributed by atoms with van der Waals surface area (Å²) in [6.07, 6.45) is 3.08. The molecule has 4 aromatic carbocycles. The Kier molecular flexibility index (Phi) is 2.54. The minimum absolute atomic E-state index is 0.418. The van der Waals surface area contributed by atoms with E-state index in [1.807, 2.05) is 30.3 Å². The molecule has 0 unspecified atom stereocenters. The van der Waals surface area contributed by atoms with E-state index >= 15 is 0 Å². The van der Waals surface area contributed by atoms with Crippen LogP contribution in [0.25, 0.3) is 38.4 Å². The van der Waals surface area contributed by atoms with Crippen LogP contribution in [0.15, 0.2) is 66.7 Å². The molecule has 0 saturated carbocycles. The number of ketones is 2. The molecular formula is C22H12O2. The third-order valence-corrected chi connectivity index (χ3v) is 4.82. The highest BCUT2D eigenvalue weighted by molar-refractivity contribution is 6.52. The lowest BCUT2D eigenvalue weighted by Gasteiger charge is -2.14.